The van der Waals surface area contributed by atoms with E-state index in [-0.39, 0.29) is 0 Å². The standard InChI is InChI=1S/C11H8BrClFN3/c12-6-1-2-10(8(14)3-6)17-11-9(15)4-7(13)5-16-11/h1-5H,15H2,(H,16,17). The van der Waals surface area contributed by atoms with Crippen molar-refractivity contribution in [3.8, 4) is 0 Å². The summed E-state index contributed by atoms with van der Waals surface area (Å²) in [6.07, 6.45) is 1.44. The first-order valence-electron chi connectivity index (χ1n) is 4.69. The summed E-state index contributed by atoms with van der Waals surface area (Å²) in [6.45, 7) is 0. The molecule has 0 unspecified atom stereocenters. The molecule has 1 aromatic heterocycles. The first-order valence-corrected chi connectivity index (χ1v) is 5.86. The van der Waals surface area contributed by atoms with Crippen molar-refractivity contribution in [1.82, 2.24) is 4.98 Å². The molecule has 3 N–H and O–H groups in total. The summed E-state index contributed by atoms with van der Waals surface area (Å²) >= 11 is 8.90. The Morgan fingerprint density at radius 2 is 2.12 bits per heavy atom. The minimum absolute atomic E-state index is 0.301. The molecule has 0 fully saturated rings. The summed E-state index contributed by atoms with van der Waals surface area (Å²) in [5.74, 6) is -0.0221. The van der Waals surface area contributed by atoms with Crippen molar-refractivity contribution in [2.45, 2.75) is 0 Å². The van der Waals surface area contributed by atoms with Gasteiger partial charge in [-0.2, -0.15) is 0 Å². The smallest absolute Gasteiger partial charge is 0.153 e. The third-order valence-corrected chi connectivity index (χ3v) is 2.77. The van der Waals surface area contributed by atoms with Gasteiger partial charge in [0.25, 0.3) is 0 Å². The van der Waals surface area contributed by atoms with Crippen LogP contribution < -0.4 is 11.1 Å². The number of nitrogens with two attached hydrogens (primary N) is 1. The van der Waals surface area contributed by atoms with E-state index in [2.05, 4.69) is 26.2 Å². The largest absolute Gasteiger partial charge is 0.396 e. The average Bonchev–Trinajstić information content (AvgIpc) is 2.25. The maximum Gasteiger partial charge on any atom is 0.153 e. The molecule has 2 aromatic rings. The van der Waals surface area contributed by atoms with E-state index in [1.807, 2.05) is 0 Å². The summed E-state index contributed by atoms with van der Waals surface area (Å²) in [5, 5.41) is 3.24. The summed E-state index contributed by atoms with van der Waals surface area (Å²) < 4.78 is 14.2. The zero-order valence-electron chi connectivity index (χ0n) is 8.55. The van der Waals surface area contributed by atoms with Gasteiger partial charge in [-0.3, -0.25) is 0 Å². The Labute approximate surface area is 111 Å². The first kappa shape index (κ1) is 12.1. The number of benzene rings is 1. The monoisotopic (exact) mass is 315 g/mol. The lowest BCUT2D eigenvalue weighted by molar-refractivity contribution is 0.631. The minimum atomic E-state index is -0.393. The molecule has 0 atom stereocenters. The number of rotatable bonds is 2. The van der Waals surface area contributed by atoms with Crippen molar-refractivity contribution >= 4 is 44.7 Å². The Bertz CT molecular complexity index is 513. The van der Waals surface area contributed by atoms with E-state index in [0.29, 0.717) is 26.7 Å². The van der Waals surface area contributed by atoms with E-state index < -0.39 is 5.82 Å². The molecule has 0 aliphatic rings. The molecule has 0 saturated heterocycles. The van der Waals surface area contributed by atoms with Crippen molar-refractivity contribution in [2.24, 2.45) is 0 Å². The summed E-state index contributed by atoms with van der Waals surface area (Å²) in [7, 11) is 0. The van der Waals surface area contributed by atoms with Gasteiger partial charge in [-0.15, -0.1) is 0 Å². The molecule has 0 amide bonds. The summed E-state index contributed by atoms with van der Waals surface area (Å²) in [4.78, 5) is 3.99. The fourth-order valence-electron chi connectivity index (χ4n) is 1.28. The van der Waals surface area contributed by atoms with Crippen LogP contribution in [0, 0.1) is 5.82 Å². The highest BCUT2D eigenvalue weighted by Crippen LogP contribution is 2.26. The van der Waals surface area contributed by atoms with Crippen LogP contribution in [0.15, 0.2) is 34.9 Å². The molecule has 88 valence electrons. The van der Waals surface area contributed by atoms with Crippen LogP contribution >= 0.6 is 27.5 Å². The number of aromatic nitrogens is 1. The maximum atomic E-state index is 13.6. The van der Waals surface area contributed by atoms with E-state index in [1.54, 1.807) is 18.2 Å². The van der Waals surface area contributed by atoms with Crippen LogP contribution in [0.1, 0.15) is 0 Å². The molecule has 0 saturated carbocycles. The van der Waals surface area contributed by atoms with Crippen LogP contribution in [-0.4, -0.2) is 4.98 Å². The number of nitrogens with zero attached hydrogens (tertiary/aromatic N) is 1. The Kier molecular flexibility index (Phi) is 3.49. The molecule has 6 heteroatoms. The van der Waals surface area contributed by atoms with E-state index in [0.717, 1.165) is 0 Å². The fraction of sp³-hybridized carbons (Fsp3) is 0. The third-order valence-electron chi connectivity index (χ3n) is 2.07. The Hall–Kier alpha value is -1.33. The topological polar surface area (TPSA) is 50.9 Å². The van der Waals surface area contributed by atoms with Gasteiger partial charge < -0.3 is 11.1 Å². The van der Waals surface area contributed by atoms with E-state index >= 15 is 0 Å². The van der Waals surface area contributed by atoms with Crippen molar-refractivity contribution in [2.75, 3.05) is 11.1 Å². The highest BCUT2D eigenvalue weighted by Gasteiger charge is 2.06. The maximum absolute atomic E-state index is 13.6. The van der Waals surface area contributed by atoms with Crippen molar-refractivity contribution in [3.05, 3.63) is 45.8 Å². The van der Waals surface area contributed by atoms with Crippen LogP contribution in [0.3, 0.4) is 0 Å². The zero-order chi connectivity index (χ0) is 12.4. The van der Waals surface area contributed by atoms with Gasteiger partial charge in [-0.25, -0.2) is 9.37 Å². The van der Waals surface area contributed by atoms with Crippen LogP contribution in [0.5, 0.6) is 0 Å². The molecule has 17 heavy (non-hydrogen) atoms. The van der Waals surface area contributed by atoms with Crippen LogP contribution in [0.25, 0.3) is 0 Å². The molecule has 2 rings (SSSR count). The van der Waals surface area contributed by atoms with Gasteiger partial charge in [0.2, 0.25) is 0 Å². The summed E-state index contributed by atoms with van der Waals surface area (Å²) in [5.41, 5.74) is 6.37. The molecule has 0 aliphatic carbocycles. The highest BCUT2D eigenvalue weighted by atomic mass is 79.9. The Morgan fingerprint density at radius 1 is 1.35 bits per heavy atom. The fourth-order valence-corrected chi connectivity index (χ4v) is 1.78. The van der Waals surface area contributed by atoms with Gasteiger partial charge >= 0.3 is 0 Å². The molecular weight excluding hydrogens is 308 g/mol. The number of hydrogen-bond donors (Lipinski definition) is 2. The van der Waals surface area contributed by atoms with E-state index in [9.17, 15) is 4.39 Å². The van der Waals surface area contributed by atoms with E-state index in [1.165, 1.54) is 12.3 Å². The average molecular weight is 317 g/mol. The molecule has 0 spiro atoms. The number of anilines is 3. The third kappa shape index (κ3) is 2.87. The first-order chi connectivity index (χ1) is 8.06. The minimum Gasteiger partial charge on any atom is -0.396 e. The highest BCUT2D eigenvalue weighted by molar-refractivity contribution is 9.10. The molecule has 0 radical (unpaired) electrons. The predicted octanol–water partition coefficient (Wildman–Crippen LogP) is 3.96. The van der Waals surface area contributed by atoms with Gasteiger partial charge in [0.15, 0.2) is 5.82 Å². The Morgan fingerprint density at radius 3 is 2.76 bits per heavy atom. The normalized spacial score (nSPS) is 10.3. The second-order valence-electron chi connectivity index (χ2n) is 3.34. The SMILES string of the molecule is Nc1cc(Cl)cnc1Nc1ccc(Br)cc1F. The molecule has 0 bridgehead atoms. The number of pyridine rings is 1. The molecular formula is C11H8BrClFN3. The number of hydrogen-bond acceptors (Lipinski definition) is 3. The zero-order valence-corrected chi connectivity index (χ0v) is 10.9. The lowest BCUT2D eigenvalue weighted by Crippen LogP contribution is -2.00. The number of nitrogen functional groups attached to an aromatic ring is 1. The van der Waals surface area contributed by atoms with Crippen LogP contribution in [0.2, 0.25) is 5.02 Å². The van der Waals surface area contributed by atoms with Crippen molar-refractivity contribution < 1.29 is 4.39 Å². The molecule has 0 aliphatic heterocycles. The van der Waals surface area contributed by atoms with Crippen LogP contribution in [0.4, 0.5) is 21.6 Å². The summed E-state index contributed by atoms with van der Waals surface area (Å²) in [6, 6.07) is 6.22. The van der Waals surface area contributed by atoms with Gasteiger partial charge in [0.05, 0.1) is 16.4 Å². The van der Waals surface area contributed by atoms with Gasteiger partial charge in [-0.05, 0) is 24.3 Å². The molecule has 3 nitrogen and oxygen atoms in total. The van der Waals surface area contributed by atoms with Gasteiger partial charge in [-0.1, -0.05) is 27.5 Å². The molecule has 1 aromatic carbocycles. The Balaban J connectivity index is 2.31. The number of nitrogens with one attached hydrogen (secondary N) is 1. The second-order valence-corrected chi connectivity index (χ2v) is 4.69. The second kappa shape index (κ2) is 4.89. The van der Waals surface area contributed by atoms with E-state index in [4.69, 9.17) is 17.3 Å². The van der Waals surface area contributed by atoms with Gasteiger partial charge in [0.1, 0.15) is 5.82 Å². The van der Waals surface area contributed by atoms with Gasteiger partial charge in [0, 0.05) is 10.7 Å². The quantitative estimate of drug-likeness (QED) is 0.881. The number of halogens is 3. The van der Waals surface area contributed by atoms with Crippen LogP contribution in [-0.2, 0) is 0 Å². The lowest BCUT2D eigenvalue weighted by Gasteiger charge is -2.09. The van der Waals surface area contributed by atoms with Crippen molar-refractivity contribution in [3.63, 3.8) is 0 Å². The molecule has 1 heterocycles. The van der Waals surface area contributed by atoms with Crippen molar-refractivity contribution in [1.29, 1.82) is 0 Å². The predicted molar refractivity (Wildman–Crippen MR) is 71.0 cm³/mol. The lowest BCUT2D eigenvalue weighted by atomic mass is 10.3.